The van der Waals surface area contributed by atoms with E-state index in [1.165, 1.54) is 0 Å². The standard InChI is InChI=1S/C20H36N4O2.HI/c1-4-17(2)22-20(21-11-8-19-7-5-16-26-19)23-18-9-13-24(14-10-18)12-6-15-25-3;/h5,7,16-18H,4,6,8-15H2,1-3H3,(H2,21,22,23);1H. The number of ether oxygens (including phenoxy) is 1. The molecule has 7 heteroatoms. The van der Waals surface area contributed by atoms with Gasteiger partial charge in [0.1, 0.15) is 5.76 Å². The SMILES string of the molecule is CCC(C)NC(=NCCc1ccco1)NC1CCN(CCCOC)CC1.I. The number of methoxy groups -OCH3 is 1. The Kier molecular flexibility index (Phi) is 12.8. The van der Waals surface area contributed by atoms with Gasteiger partial charge in [-0.15, -0.1) is 24.0 Å². The number of halogens is 1. The second-order valence-electron chi connectivity index (χ2n) is 7.12. The highest BCUT2D eigenvalue weighted by molar-refractivity contribution is 14.0. The fraction of sp³-hybridized carbons (Fsp3) is 0.750. The van der Waals surface area contributed by atoms with Crippen molar-refractivity contribution in [2.75, 3.05) is 39.9 Å². The molecule has 6 nitrogen and oxygen atoms in total. The Morgan fingerprint density at radius 3 is 2.81 bits per heavy atom. The van der Waals surface area contributed by atoms with Crippen LogP contribution in [0.2, 0.25) is 0 Å². The quantitative estimate of drug-likeness (QED) is 0.227. The molecule has 1 aromatic rings. The number of hydrogen-bond donors (Lipinski definition) is 2. The lowest BCUT2D eigenvalue weighted by Gasteiger charge is -2.33. The van der Waals surface area contributed by atoms with Gasteiger partial charge in [0.2, 0.25) is 0 Å². The summed E-state index contributed by atoms with van der Waals surface area (Å²) < 4.78 is 10.5. The van der Waals surface area contributed by atoms with Crippen LogP contribution in [0.4, 0.5) is 0 Å². The number of piperidine rings is 1. The van der Waals surface area contributed by atoms with Crippen molar-refractivity contribution in [1.82, 2.24) is 15.5 Å². The molecule has 1 unspecified atom stereocenters. The molecular formula is C20H37IN4O2. The zero-order valence-electron chi connectivity index (χ0n) is 17.1. The number of hydrogen-bond acceptors (Lipinski definition) is 4. The lowest BCUT2D eigenvalue weighted by atomic mass is 10.1. The smallest absolute Gasteiger partial charge is 0.191 e. The maximum Gasteiger partial charge on any atom is 0.191 e. The Morgan fingerprint density at radius 2 is 2.19 bits per heavy atom. The molecule has 1 aromatic heterocycles. The summed E-state index contributed by atoms with van der Waals surface area (Å²) in [5.74, 6) is 1.92. The lowest BCUT2D eigenvalue weighted by Crippen LogP contribution is -2.50. The van der Waals surface area contributed by atoms with Crippen molar-refractivity contribution < 1.29 is 9.15 Å². The van der Waals surface area contributed by atoms with Gasteiger partial charge in [-0.1, -0.05) is 6.92 Å². The van der Waals surface area contributed by atoms with Crippen molar-refractivity contribution in [3.8, 4) is 0 Å². The van der Waals surface area contributed by atoms with Crippen LogP contribution in [0.1, 0.15) is 45.3 Å². The average Bonchev–Trinajstić information content (AvgIpc) is 3.16. The maximum atomic E-state index is 5.40. The number of rotatable bonds is 10. The van der Waals surface area contributed by atoms with Gasteiger partial charge in [-0.3, -0.25) is 4.99 Å². The number of nitrogens with zero attached hydrogens (tertiary/aromatic N) is 2. The number of aliphatic imine (C=N–C) groups is 1. The largest absolute Gasteiger partial charge is 0.469 e. The molecule has 156 valence electrons. The first kappa shape index (κ1) is 24.2. The third kappa shape index (κ3) is 9.80. The van der Waals surface area contributed by atoms with E-state index in [1.807, 2.05) is 12.1 Å². The van der Waals surface area contributed by atoms with Crippen molar-refractivity contribution >= 4 is 29.9 Å². The highest BCUT2D eigenvalue weighted by Gasteiger charge is 2.20. The fourth-order valence-electron chi connectivity index (χ4n) is 3.13. The van der Waals surface area contributed by atoms with Gasteiger partial charge in [0.15, 0.2) is 5.96 Å². The molecule has 1 aliphatic heterocycles. The number of furan rings is 1. The second-order valence-corrected chi connectivity index (χ2v) is 7.12. The molecule has 0 aliphatic carbocycles. The van der Waals surface area contributed by atoms with E-state index in [0.29, 0.717) is 12.1 Å². The predicted molar refractivity (Wildman–Crippen MR) is 122 cm³/mol. The molecule has 1 aliphatic rings. The minimum atomic E-state index is 0. The summed E-state index contributed by atoms with van der Waals surface area (Å²) in [7, 11) is 1.77. The molecule has 1 saturated heterocycles. The van der Waals surface area contributed by atoms with E-state index in [4.69, 9.17) is 14.1 Å². The van der Waals surface area contributed by atoms with Crippen molar-refractivity contribution in [3.63, 3.8) is 0 Å². The molecule has 0 bridgehead atoms. The van der Waals surface area contributed by atoms with Gasteiger partial charge in [-0.25, -0.2) is 0 Å². The van der Waals surface area contributed by atoms with E-state index < -0.39 is 0 Å². The van der Waals surface area contributed by atoms with E-state index >= 15 is 0 Å². The molecule has 2 heterocycles. The number of nitrogens with one attached hydrogen (secondary N) is 2. The summed E-state index contributed by atoms with van der Waals surface area (Å²) in [5, 5.41) is 7.17. The zero-order valence-corrected chi connectivity index (χ0v) is 19.4. The normalized spacial score (nSPS) is 17.4. The Morgan fingerprint density at radius 1 is 1.41 bits per heavy atom. The van der Waals surface area contributed by atoms with Crippen LogP contribution in [0.15, 0.2) is 27.8 Å². The van der Waals surface area contributed by atoms with Gasteiger partial charge in [0, 0.05) is 58.4 Å². The van der Waals surface area contributed by atoms with Crippen LogP contribution in [0.25, 0.3) is 0 Å². The first-order chi connectivity index (χ1) is 12.7. The summed E-state index contributed by atoms with van der Waals surface area (Å²) in [6.07, 6.45) is 7.06. The summed E-state index contributed by atoms with van der Waals surface area (Å²) in [5.41, 5.74) is 0. The molecule has 0 aromatic carbocycles. The molecule has 0 saturated carbocycles. The Labute approximate surface area is 181 Å². The number of likely N-dealkylation sites (tertiary alicyclic amines) is 1. The maximum absolute atomic E-state index is 5.40. The Hall–Kier alpha value is -0.800. The van der Waals surface area contributed by atoms with Gasteiger partial charge < -0.3 is 24.7 Å². The molecule has 0 amide bonds. The Balaban J connectivity index is 0.00000364. The summed E-state index contributed by atoms with van der Waals surface area (Å²) in [4.78, 5) is 7.30. The van der Waals surface area contributed by atoms with Gasteiger partial charge in [-0.05, 0) is 44.7 Å². The van der Waals surface area contributed by atoms with Crippen molar-refractivity contribution in [1.29, 1.82) is 0 Å². The van der Waals surface area contributed by atoms with Gasteiger partial charge >= 0.3 is 0 Å². The first-order valence-electron chi connectivity index (χ1n) is 10.0. The van der Waals surface area contributed by atoms with Crippen molar-refractivity contribution in [2.45, 2.75) is 58.0 Å². The van der Waals surface area contributed by atoms with E-state index in [2.05, 4.69) is 29.4 Å². The molecule has 27 heavy (non-hydrogen) atoms. The molecule has 2 rings (SSSR count). The molecule has 0 spiro atoms. The van der Waals surface area contributed by atoms with Crippen LogP contribution in [0, 0.1) is 0 Å². The molecule has 0 radical (unpaired) electrons. The van der Waals surface area contributed by atoms with Crippen LogP contribution >= 0.6 is 24.0 Å². The van der Waals surface area contributed by atoms with E-state index in [-0.39, 0.29) is 24.0 Å². The van der Waals surface area contributed by atoms with Crippen molar-refractivity contribution in [2.24, 2.45) is 4.99 Å². The lowest BCUT2D eigenvalue weighted by molar-refractivity contribution is 0.155. The van der Waals surface area contributed by atoms with Crippen molar-refractivity contribution in [3.05, 3.63) is 24.2 Å². The Bertz CT molecular complexity index is 502. The first-order valence-corrected chi connectivity index (χ1v) is 10.0. The van der Waals surface area contributed by atoms with Crippen LogP contribution in [-0.2, 0) is 11.2 Å². The van der Waals surface area contributed by atoms with Crippen LogP contribution in [-0.4, -0.2) is 62.8 Å². The zero-order chi connectivity index (χ0) is 18.6. The van der Waals surface area contributed by atoms with Crippen LogP contribution < -0.4 is 10.6 Å². The molecule has 2 N–H and O–H groups in total. The highest BCUT2D eigenvalue weighted by Crippen LogP contribution is 2.11. The van der Waals surface area contributed by atoms with E-state index in [9.17, 15) is 0 Å². The second kappa shape index (κ2) is 14.2. The van der Waals surface area contributed by atoms with Gasteiger partial charge in [0.25, 0.3) is 0 Å². The summed E-state index contributed by atoms with van der Waals surface area (Å²) in [6.45, 7) is 9.39. The highest BCUT2D eigenvalue weighted by atomic mass is 127. The minimum Gasteiger partial charge on any atom is -0.469 e. The topological polar surface area (TPSA) is 62.0 Å². The third-order valence-electron chi connectivity index (χ3n) is 4.95. The van der Waals surface area contributed by atoms with Crippen LogP contribution in [0.5, 0.6) is 0 Å². The molecule has 1 fully saturated rings. The number of guanidine groups is 1. The summed E-state index contributed by atoms with van der Waals surface area (Å²) >= 11 is 0. The molecular weight excluding hydrogens is 455 g/mol. The summed E-state index contributed by atoms with van der Waals surface area (Å²) in [6, 6.07) is 4.84. The third-order valence-corrected chi connectivity index (χ3v) is 4.95. The monoisotopic (exact) mass is 492 g/mol. The van der Waals surface area contributed by atoms with E-state index in [1.54, 1.807) is 13.4 Å². The van der Waals surface area contributed by atoms with Gasteiger partial charge in [0.05, 0.1) is 6.26 Å². The van der Waals surface area contributed by atoms with Crippen LogP contribution in [0.3, 0.4) is 0 Å². The average molecular weight is 492 g/mol. The predicted octanol–water partition coefficient (Wildman–Crippen LogP) is 3.27. The molecule has 1 atom stereocenters. The van der Waals surface area contributed by atoms with Gasteiger partial charge in [-0.2, -0.15) is 0 Å². The minimum absolute atomic E-state index is 0. The van der Waals surface area contributed by atoms with E-state index in [0.717, 1.165) is 76.6 Å². The fourth-order valence-corrected chi connectivity index (χ4v) is 3.13.